The molecule has 1 heterocycles. The summed E-state index contributed by atoms with van der Waals surface area (Å²) in [6.07, 6.45) is 8.14. The SMILES string of the molecule is CCC1(C)OB(c2ccc(C3C=CC=CC3O)cc2)OC1(C)C. The van der Waals surface area contributed by atoms with E-state index < -0.39 is 6.10 Å². The van der Waals surface area contributed by atoms with Crippen molar-refractivity contribution in [3.8, 4) is 0 Å². The fourth-order valence-electron chi connectivity index (χ4n) is 3.22. The Balaban J connectivity index is 1.79. The second kappa shape index (κ2) is 5.93. The molecular formula is C19H25BO3. The third-order valence-electron chi connectivity index (χ3n) is 5.42. The highest BCUT2D eigenvalue weighted by Crippen LogP contribution is 2.39. The second-order valence-corrected chi connectivity index (χ2v) is 7.12. The molecule has 0 bridgehead atoms. The molecule has 1 aromatic rings. The van der Waals surface area contributed by atoms with Crippen LogP contribution in [-0.2, 0) is 9.31 Å². The number of hydrogen-bond acceptors (Lipinski definition) is 3. The van der Waals surface area contributed by atoms with Crippen LogP contribution in [0.15, 0.2) is 48.6 Å². The fraction of sp³-hybridized carbons (Fsp3) is 0.474. The molecule has 0 radical (unpaired) electrons. The van der Waals surface area contributed by atoms with Crippen molar-refractivity contribution < 1.29 is 14.4 Å². The zero-order valence-electron chi connectivity index (χ0n) is 14.3. The van der Waals surface area contributed by atoms with Crippen LogP contribution in [0.2, 0.25) is 0 Å². The summed E-state index contributed by atoms with van der Waals surface area (Å²) in [6, 6.07) is 8.18. The lowest BCUT2D eigenvalue weighted by Gasteiger charge is -2.35. The lowest BCUT2D eigenvalue weighted by atomic mass is 9.77. The van der Waals surface area contributed by atoms with Crippen LogP contribution in [0.4, 0.5) is 0 Å². The van der Waals surface area contributed by atoms with Gasteiger partial charge in [-0.05, 0) is 38.2 Å². The molecule has 3 nitrogen and oxygen atoms in total. The summed E-state index contributed by atoms with van der Waals surface area (Å²) in [6.45, 7) is 8.40. The van der Waals surface area contributed by atoms with Crippen molar-refractivity contribution in [2.24, 2.45) is 0 Å². The first-order valence-corrected chi connectivity index (χ1v) is 8.35. The minimum atomic E-state index is -0.466. The summed E-state index contributed by atoms with van der Waals surface area (Å²) in [4.78, 5) is 0. The highest BCUT2D eigenvalue weighted by atomic mass is 16.7. The second-order valence-electron chi connectivity index (χ2n) is 7.12. The van der Waals surface area contributed by atoms with Crippen molar-refractivity contribution in [2.75, 3.05) is 0 Å². The first kappa shape index (κ1) is 16.5. The van der Waals surface area contributed by atoms with E-state index in [0.717, 1.165) is 17.4 Å². The van der Waals surface area contributed by atoms with Crippen LogP contribution in [0.5, 0.6) is 0 Å². The average molecular weight is 312 g/mol. The normalized spacial score (nSPS) is 32.5. The number of aliphatic hydroxyl groups is 1. The number of rotatable bonds is 3. The van der Waals surface area contributed by atoms with E-state index in [1.807, 2.05) is 48.6 Å². The van der Waals surface area contributed by atoms with Gasteiger partial charge in [-0.1, -0.05) is 55.5 Å². The molecule has 1 saturated heterocycles. The first-order chi connectivity index (χ1) is 10.9. The van der Waals surface area contributed by atoms with Crippen molar-refractivity contribution in [1.29, 1.82) is 0 Å². The van der Waals surface area contributed by atoms with E-state index in [1.54, 1.807) is 0 Å². The molecule has 2 aliphatic rings. The lowest BCUT2D eigenvalue weighted by Crippen LogP contribution is -2.44. The Morgan fingerprint density at radius 1 is 1.04 bits per heavy atom. The third kappa shape index (κ3) is 2.91. The van der Waals surface area contributed by atoms with Crippen molar-refractivity contribution >= 4 is 12.6 Å². The van der Waals surface area contributed by atoms with Gasteiger partial charge in [0.25, 0.3) is 0 Å². The van der Waals surface area contributed by atoms with Gasteiger partial charge < -0.3 is 14.4 Å². The Hall–Kier alpha value is -1.36. The Kier molecular flexibility index (Phi) is 4.26. The number of aliphatic hydroxyl groups excluding tert-OH is 1. The molecule has 1 fully saturated rings. The Morgan fingerprint density at radius 2 is 1.70 bits per heavy atom. The van der Waals surface area contributed by atoms with Crippen LogP contribution >= 0.6 is 0 Å². The molecule has 0 amide bonds. The number of hydrogen-bond donors (Lipinski definition) is 1. The molecule has 122 valence electrons. The maximum Gasteiger partial charge on any atom is 0.494 e. The fourth-order valence-corrected chi connectivity index (χ4v) is 3.22. The van der Waals surface area contributed by atoms with Gasteiger partial charge in [0.15, 0.2) is 0 Å². The topological polar surface area (TPSA) is 38.7 Å². The Bertz CT molecular complexity index is 620. The molecule has 23 heavy (non-hydrogen) atoms. The highest BCUT2D eigenvalue weighted by Gasteiger charge is 2.53. The van der Waals surface area contributed by atoms with Crippen LogP contribution in [0.3, 0.4) is 0 Å². The Labute approximate surface area is 139 Å². The average Bonchev–Trinajstić information content (AvgIpc) is 2.78. The summed E-state index contributed by atoms with van der Waals surface area (Å²) in [5, 5.41) is 10.1. The zero-order valence-corrected chi connectivity index (χ0v) is 14.3. The maximum atomic E-state index is 10.1. The molecule has 1 N–H and O–H groups in total. The molecule has 3 atom stereocenters. The van der Waals surface area contributed by atoms with Gasteiger partial charge in [-0.2, -0.15) is 0 Å². The largest absolute Gasteiger partial charge is 0.494 e. The monoisotopic (exact) mass is 312 g/mol. The van der Waals surface area contributed by atoms with E-state index in [-0.39, 0.29) is 24.2 Å². The maximum absolute atomic E-state index is 10.1. The first-order valence-electron chi connectivity index (χ1n) is 8.35. The van der Waals surface area contributed by atoms with Crippen molar-refractivity contribution in [1.82, 2.24) is 0 Å². The zero-order chi connectivity index (χ0) is 16.7. The van der Waals surface area contributed by atoms with Crippen LogP contribution < -0.4 is 5.46 Å². The summed E-state index contributed by atoms with van der Waals surface area (Å²) in [5.41, 5.74) is 1.50. The molecule has 4 heteroatoms. The predicted molar refractivity (Wildman–Crippen MR) is 93.8 cm³/mol. The molecule has 1 aromatic carbocycles. The highest BCUT2D eigenvalue weighted by molar-refractivity contribution is 6.62. The summed E-state index contributed by atoms with van der Waals surface area (Å²) in [5.74, 6) is 0.0109. The van der Waals surface area contributed by atoms with Gasteiger partial charge in [-0.25, -0.2) is 0 Å². The Morgan fingerprint density at radius 3 is 2.26 bits per heavy atom. The number of benzene rings is 1. The van der Waals surface area contributed by atoms with E-state index in [4.69, 9.17) is 9.31 Å². The van der Waals surface area contributed by atoms with E-state index in [0.29, 0.717) is 0 Å². The van der Waals surface area contributed by atoms with Crippen LogP contribution in [-0.4, -0.2) is 29.5 Å². The van der Waals surface area contributed by atoms with Gasteiger partial charge in [0.05, 0.1) is 17.3 Å². The quantitative estimate of drug-likeness (QED) is 0.872. The predicted octanol–water partition coefficient (Wildman–Crippen LogP) is 2.95. The smallest absolute Gasteiger partial charge is 0.399 e. The third-order valence-corrected chi connectivity index (χ3v) is 5.42. The van der Waals surface area contributed by atoms with Crippen molar-refractivity contribution in [2.45, 2.75) is 57.3 Å². The molecule has 1 aliphatic carbocycles. The van der Waals surface area contributed by atoms with Gasteiger partial charge in [0.1, 0.15) is 0 Å². The van der Waals surface area contributed by atoms with Gasteiger partial charge in [-0.3, -0.25) is 0 Å². The lowest BCUT2D eigenvalue weighted by molar-refractivity contribution is -0.0118. The summed E-state index contributed by atoms with van der Waals surface area (Å²) < 4.78 is 12.4. The van der Waals surface area contributed by atoms with E-state index in [2.05, 4.69) is 27.7 Å². The molecule has 0 spiro atoms. The van der Waals surface area contributed by atoms with Gasteiger partial charge in [0.2, 0.25) is 0 Å². The number of allylic oxidation sites excluding steroid dienone is 2. The molecule has 1 aliphatic heterocycles. The van der Waals surface area contributed by atoms with E-state index >= 15 is 0 Å². The van der Waals surface area contributed by atoms with Gasteiger partial charge in [0, 0.05) is 5.92 Å². The molecule has 0 saturated carbocycles. The van der Waals surface area contributed by atoms with E-state index in [9.17, 15) is 5.11 Å². The minimum Gasteiger partial charge on any atom is -0.399 e. The van der Waals surface area contributed by atoms with Crippen molar-refractivity contribution in [3.63, 3.8) is 0 Å². The molecule has 3 unspecified atom stereocenters. The van der Waals surface area contributed by atoms with Crippen LogP contribution in [0, 0.1) is 0 Å². The van der Waals surface area contributed by atoms with Crippen LogP contribution in [0.1, 0.15) is 45.6 Å². The minimum absolute atomic E-state index is 0.0109. The molecule has 3 rings (SSSR count). The molecular weight excluding hydrogens is 287 g/mol. The summed E-state index contributed by atoms with van der Waals surface area (Å²) >= 11 is 0. The van der Waals surface area contributed by atoms with Crippen molar-refractivity contribution in [3.05, 3.63) is 54.1 Å². The van der Waals surface area contributed by atoms with Gasteiger partial charge >= 0.3 is 7.12 Å². The standard InChI is InChI=1S/C19H25BO3/c1-5-19(4)18(2,3)22-20(23-19)15-12-10-14(11-13-15)16-8-6-7-9-17(16)21/h6-13,16-17,21H,5H2,1-4H3. The van der Waals surface area contributed by atoms with Gasteiger partial charge in [-0.15, -0.1) is 0 Å². The summed E-state index contributed by atoms with van der Waals surface area (Å²) in [7, 11) is -0.337. The molecule has 0 aromatic heterocycles. The van der Waals surface area contributed by atoms with E-state index in [1.165, 1.54) is 0 Å². The van der Waals surface area contributed by atoms with Crippen LogP contribution in [0.25, 0.3) is 0 Å².